The van der Waals surface area contributed by atoms with Gasteiger partial charge in [0.05, 0.1) is 6.20 Å². The van der Waals surface area contributed by atoms with Gasteiger partial charge in [-0.05, 0) is 31.0 Å². The van der Waals surface area contributed by atoms with E-state index >= 15 is 0 Å². The number of carbonyl (C=O) groups excluding carboxylic acids is 1. The lowest BCUT2D eigenvalue weighted by molar-refractivity contribution is -0.142. The van der Waals surface area contributed by atoms with Crippen molar-refractivity contribution in [2.75, 3.05) is 0 Å². The highest BCUT2D eigenvalue weighted by Gasteiger charge is 2.36. The predicted molar refractivity (Wildman–Crippen MR) is 93.9 cm³/mol. The average Bonchev–Trinajstić information content (AvgIpc) is 3.04. The molecule has 26 heavy (non-hydrogen) atoms. The van der Waals surface area contributed by atoms with Crippen LogP contribution in [0.2, 0.25) is 0 Å². The Morgan fingerprint density at radius 1 is 1.19 bits per heavy atom. The molecule has 1 N–H and O–H groups in total. The minimum absolute atomic E-state index is 0.258. The Balaban J connectivity index is 1.79. The molecule has 0 bridgehead atoms. The number of hydrogen-bond donors (Lipinski definition) is 1. The second-order valence-corrected chi connectivity index (χ2v) is 6.59. The number of benzene rings is 1. The number of amides is 1. The van der Waals surface area contributed by atoms with Crippen molar-refractivity contribution >= 4 is 17.5 Å². The third-order valence-electron chi connectivity index (χ3n) is 4.80. The number of carbonyl (C=O) groups is 2. The Bertz CT molecular complexity index is 1040. The van der Waals surface area contributed by atoms with Crippen molar-refractivity contribution in [1.82, 2.24) is 19.5 Å². The van der Waals surface area contributed by atoms with Crippen molar-refractivity contribution in [2.24, 2.45) is 0 Å². The summed E-state index contributed by atoms with van der Waals surface area (Å²) in [6.07, 6.45) is 1.76. The molecule has 0 aliphatic carbocycles. The molecule has 1 amide bonds. The van der Waals surface area contributed by atoms with Crippen LogP contribution >= 0.6 is 0 Å². The first-order valence-corrected chi connectivity index (χ1v) is 8.38. The monoisotopic (exact) mass is 350 g/mol. The first-order chi connectivity index (χ1) is 12.5. The summed E-state index contributed by atoms with van der Waals surface area (Å²) in [5.41, 5.74) is 4.36. The molecular formula is C19H18N4O3. The van der Waals surface area contributed by atoms with Gasteiger partial charge in [-0.2, -0.15) is 5.10 Å². The molecule has 7 heteroatoms. The van der Waals surface area contributed by atoms with E-state index in [2.05, 4.69) is 10.1 Å². The van der Waals surface area contributed by atoms with Gasteiger partial charge in [0.1, 0.15) is 11.6 Å². The van der Waals surface area contributed by atoms with Crippen LogP contribution in [-0.2, 0) is 17.8 Å². The molecule has 0 spiro atoms. The Morgan fingerprint density at radius 3 is 2.65 bits per heavy atom. The molecule has 7 nitrogen and oxygen atoms in total. The first kappa shape index (κ1) is 16.3. The van der Waals surface area contributed by atoms with E-state index in [1.165, 1.54) is 11.1 Å². The van der Waals surface area contributed by atoms with E-state index < -0.39 is 12.0 Å². The van der Waals surface area contributed by atoms with E-state index in [1.807, 2.05) is 44.2 Å². The number of fused-ring (bicyclic) bond motifs is 2. The summed E-state index contributed by atoms with van der Waals surface area (Å²) in [5.74, 6) is -1.37. The molecule has 0 unspecified atom stereocenters. The van der Waals surface area contributed by atoms with Gasteiger partial charge in [0.25, 0.3) is 5.91 Å². The zero-order chi connectivity index (χ0) is 18.4. The molecule has 0 fully saturated rings. The summed E-state index contributed by atoms with van der Waals surface area (Å²) >= 11 is 0. The Kier molecular flexibility index (Phi) is 3.72. The summed E-state index contributed by atoms with van der Waals surface area (Å²) in [5, 5.41) is 13.9. The highest BCUT2D eigenvalue weighted by molar-refractivity contribution is 6.01. The number of hydrogen-bond acceptors (Lipinski definition) is 4. The zero-order valence-electron chi connectivity index (χ0n) is 14.5. The molecule has 0 saturated carbocycles. The number of carboxylic acids is 1. The number of aromatic nitrogens is 3. The lowest BCUT2D eigenvalue weighted by atomic mass is 9.93. The highest BCUT2D eigenvalue weighted by atomic mass is 16.4. The smallest absolute Gasteiger partial charge is 0.326 e. The summed E-state index contributed by atoms with van der Waals surface area (Å²) < 4.78 is 1.61. The number of aliphatic carboxylic acids is 1. The van der Waals surface area contributed by atoms with Crippen LogP contribution in [0.3, 0.4) is 0 Å². The van der Waals surface area contributed by atoms with Crippen LogP contribution in [0, 0.1) is 13.8 Å². The molecule has 0 saturated heterocycles. The number of nitrogens with zero attached hydrogens (tertiary/aromatic N) is 4. The Morgan fingerprint density at radius 2 is 1.92 bits per heavy atom. The summed E-state index contributed by atoms with van der Waals surface area (Å²) in [6.45, 7) is 4.00. The number of rotatable bonds is 2. The molecule has 2 aromatic heterocycles. The van der Waals surface area contributed by atoms with Gasteiger partial charge in [0.2, 0.25) is 0 Å². The van der Waals surface area contributed by atoms with E-state index in [-0.39, 0.29) is 12.5 Å². The average molecular weight is 350 g/mol. The Labute approximate surface area is 149 Å². The van der Waals surface area contributed by atoms with E-state index in [0.29, 0.717) is 17.6 Å². The van der Waals surface area contributed by atoms with Crippen molar-refractivity contribution in [3.05, 3.63) is 64.6 Å². The van der Waals surface area contributed by atoms with Crippen LogP contribution in [-0.4, -0.2) is 42.5 Å². The molecule has 3 heterocycles. The van der Waals surface area contributed by atoms with Gasteiger partial charge in [-0.15, -0.1) is 0 Å². The summed E-state index contributed by atoms with van der Waals surface area (Å²) in [6, 6.07) is 8.60. The number of carboxylic acid groups (broad SMARTS) is 1. The van der Waals surface area contributed by atoms with E-state index in [0.717, 1.165) is 22.5 Å². The molecule has 1 aromatic carbocycles. The highest BCUT2D eigenvalue weighted by Crippen LogP contribution is 2.26. The molecule has 4 rings (SSSR count). The van der Waals surface area contributed by atoms with Gasteiger partial charge in [-0.3, -0.25) is 4.79 Å². The first-order valence-electron chi connectivity index (χ1n) is 8.38. The molecule has 132 valence electrons. The zero-order valence-corrected chi connectivity index (χ0v) is 14.5. The minimum Gasteiger partial charge on any atom is -0.480 e. The van der Waals surface area contributed by atoms with Gasteiger partial charge >= 0.3 is 5.97 Å². The van der Waals surface area contributed by atoms with E-state index in [1.54, 1.807) is 4.52 Å². The van der Waals surface area contributed by atoms with E-state index in [9.17, 15) is 14.7 Å². The van der Waals surface area contributed by atoms with Gasteiger partial charge in [-0.25, -0.2) is 14.3 Å². The molecule has 1 atom stereocenters. The van der Waals surface area contributed by atoms with Crippen LogP contribution in [0.15, 0.2) is 36.5 Å². The molecular weight excluding hydrogens is 332 g/mol. The Hall–Kier alpha value is -3.22. The minimum atomic E-state index is -1.01. The third kappa shape index (κ3) is 2.52. The summed E-state index contributed by atoms with van der Waals surface area (Å²) in [4.78, 5) is 30.8. The fraction of sp³-hybridized carbons (Fsp3) is 0.263. The van der Waals surface area contributed by atoms with Gasteiger partial charge in [-0.1, -0.05) is 24.3 Å². The van der Waals surface area contributed by atoms with Crippen LogP contribution in [0.25, 0.3) is 5.65 Å². The van der Waals surface area contributed by atoms with Crippen LogP contribution in [0.4, 0.5) is 0 Å². The van der Waals surface area contributed by atoms with Gasteiger partial charge in [0.15, 0.2) is 5.65 Å². The number of aryl methyl sites for hydroxylation is 2. The maximum Gasteiger partial charge on any atom is 0.326 e. The quantitative estimate of drug-likeness (QED) is 0.764. The molecule has 3 aromatic rings. The van der Waals surface area contributed by atoms with Crippen molar-refractivity contribution < 1.29 is 14.7 Å². The molecule has 0 radical (unpaired) electrons. The van der Waals surface area contributed by atoms with E-state index in [4.69, 9.17) is 0 Å². The van der Waals surface area contributed by atoms with Crippen molar-refractivity contribution in [3.63, 3.8) is 0 Å². The maximum absolute atomic E-state index is 13.2. The standard InChI is InChI=1S/C19H18N4O3/c1-11-7-12(2)23-17(21-11)15(9-20-23)18(24)22-10-14-6-4-3-5-13(14)8-16(22)19(25)26/h3-7,9,16H,8,10H2,1-2H3,(H,25,26)/t16-/m0/s1. The normalized spacial score (nSPS) is 16.5. The van der Waals surface area contributed by atoms with Crippen LogP contribution in [0.1, 0.15) is 32.9 Å². The fourth-order valence-corrected chi connectivity index (χ4v) is 3.53. The largest absolute Gasteiger partial charge is 0.480 e. The second kappa shape index (κ2) is 5.94. The molecule has 1 aliphatic rings. The van der Waals surface area contributed by atoms with Crippen LogP contribution in [0.5, 0.6) is 0 Å². The summed E-state index contributed by atoms with van der Waals surface area (Å²) in [7, 11) is 0. The second-order valence-electron chi connectivity index (χ2n) is 6.59. The van der Waals surface area contributed by atoms with Gasteiger partial charge < -0.3 is 10.0 Å². The predicted octanol–water partition coefficient (Wildman–Crippen LogP) is 2.00. The van der Waals surface area contributed by atoms with Crippen molar-refractivity contribution in [3.8, 4) is 0 Å². The topological polar surface area (TPSA) is 87.8 Å². The fourth-order valence-electron chi connectivity index (χ4n) is 3.53. The molecule has 1 aliphatic heterocycles. The van der Waals surface area contributed by atoms with Gasteiger partial charge in [0, 0.05) is 24.4 Å². The van der Waals surface area contributed by atoms with Crippen molar-refractivity contribution in [1.29, 1.82) is 0 Å². The SMILES string of the molecule is Cc1cc(C)n2ncc(C(=O)N3Cc4ccccc4C[C@H]3C(=O)O)c2n1. The maximum atomic E-state index is 13.2. The van der Waals surface area contributed by atoms with Crippen molar-refractivity contribution in [2.45, 2.75) is 32.9 Å². The lowest BCUT2D eigenvalue weighted by Crippen LogP contribution is -2.48. The van der Waals surface area contributed by atoms with Crippen LogP contribution < -0.4 is 0 Å². The lowest BCUT2D eigenvalue weighted by Gasteiger charge is -2.34. The third-order valence-corrected chi connectivity index (χ3v) is 4.80.